The number of carbonyl (C=O) groups is 1. The first-order valence-corrected chi connectivity index (χ1v) is 6.77. The lowest BCUT2D eigenvalue weighted by molar-refractivity contribution is 0.0951. The summed E-state index contributed by atoms with van der Waals surface area (Å²) < 4.78 is 0. The van der Waals surface area contributed by atoms with Crippen molar-refractivity contribution < 1.29 is 4.79 Å². The Kier molecular flexibility index (Phi) is 6.78. The van der Waals surface area contributed by atoms with Crippen LogP contribution in [0, 0.1) is 18.8 Å². The summed E-state index contributed by atoms with van der Waals surface area (Å²) in [6.45, 7) is 3.88. The molecule has 0 heterocycles. The van der Waals surface area contributed by atoms with Crippen LogP contribution in [0.4, 0.5) is 0 Å². The van der Waals surface area contributed by atoms with Crippen LogP contribution in [0.3, 0.4) is 0 Å². The summed E-state index contributed by atoms with van der Waals surface area (Å²) in [5.74, 6) is 5.70. The number of amides is 1. The van der Waals surface area contributed by atoms with E-state index in [0.29, 0.717) is 18.7 Å². The second kappa shape index (κ2) is 8.36. The van der Waals surface area contributed by atoms with Crippen LogP contribution >= 0.6 is 0 Å². The van der Waals surface area contributed by atoms with Gasteiger partial charge in [-0.3, -0.25) is 4.79 Å². The summed E-state index contributed by atoms with van der Waals surface area (Å²) in [5.41, 5.74) is 7.80. The first kappa shape index (κ1) is 16.2. The highest BCUT2D eigenvalue weighted by Crippen LogP contribution is 2.10. The lowest BCUT2D eigenvalue weighted by Crippen LogP contribution is -2.27. The minimum absolute atomic E-state index is 0.0438. The summed E-state index contributed by atoms with van der Waals surface area (Å²) in [7, 11) is 4.04. The van der Waals surface area contributed by atoms with Crippen LogP contribution in [0.1, 0.15) is 27.9 Å². The third-order valence-corrected chi connectivity index (χ3v) is 2.88. The highest BCUT2D eigenvalue weighted by molar-refractivity contribution is 5.96. The first-order chi connectivity index (χ1) is 9.54. The van der Waals surface area contributed by atoms with Gasteiger partial charge in [-0.2, -0.15) is 0 Å². The van der Waals surface area contributed by atoms with Gasteiger partial charge in [-0.05, 0) is 51.7 Å². The fourth-order valence-corrected chi connectivity index (χ4v) is 1.79. The average Bonchev–Trinajstić information content (AvgIpc) is 2.42. The molecule has 0 saturated heterocycles. The van der Waals surface area contributed by atoms with Crippen molar-refractivity contribution in [3.8, 4) is 11.8 Å². The lowest BCUT2D eigenvalue weighted by atomic mass is 10.0. The minimum Gasteiger partial charge on any atom is -0.352 e. The van der Waals surface area contributed by atoms with E-state index in [4.69, 9.17) is 5.73 Å². The van der Waals surface area contributed by atoms with Gasteiger partial charge in [0.2, 0.25) is 0 Å². The monoisotopic (exact) mass is 273 g/mol. The molecule has 0 bridgehead atoms. The number of hydrogen-bond donors (Lipinski definition) is 2. The minimum atomic E-state index is -0.0438. The third-order valence-electron chi connectivity index (χ3n) is 2.88. The molecule has 4 heteroatoms. The average molecular weight is 273 g/mol. The maximum Gasteiger partial charge on any atom is 0.251 e. The van der Waals surface area contributed by atoms with E-state index in [0.717, 1.165) is 24.1 Å². The van der Waals surface area contributed by atoms with Gasteiger partial charge in [-0.25, -0.2) is 0 Å². The Labute approximate surface area is 121 Å². The van der Waals surface area contributed by atoms with Crippen LogP contribution in [0.25, 0.3) is 0 Å². The van der Waals surface area contributed by atoms with Crippen LogP contribution < -0.4 is 11.1 Å². The number of nitrogens with zero attached hydrogens (tertiary/aromatic N) is 1. The van der Waals surface area contributed by atoms with E-state index in [-0.39, 0.29) is 5.91 Å². The topological polar surface area (TPSA) is 58.4 Å². The number of carbonyl (C=O) groups excluding carboxylic acids is 1. The summed E-state index contributed by atoms with van der Waals surface area (Å²) >= 11 is 0. The summed E-state index contributed by atoms with van der Waals surface area (Å²) in [4.78, 5) is 14.2. The van der Waals surface area contributed by atoms with Crippen molar-refractivity contribution in [2.24, 2.45) is 5.73 Å². The largest absolute Gasteiger partial charge is 0.352 e. The second-order valence-electron chi connectivity index (χ2n) is 4.95. The molecule has 108 valence electrons. The molecule has 0 fully saturated rings. The number of aryl methyl sites for hydroxylation is 1. The van der Waals surface area contributed by atoms with Crippen molar-refractivity contribution in [1.82, 2.24) is 10.2 Å². The maximum absolute atomic E-state index is 12.1. The van der Waals surface area contributed by atoms with Gasteiger partial charge in [0.1, 0.15) is 0 Å². The molecule has 0 spiro atoms. The fourth-order valence-electron chi connectivity index (χ4n) is 1.79. The predicted octanol–water partition coefficient (Wildman–Crippen LogP) is 0.987. The second-order valence-corrected chi connectivity index (χ2v) is 4.95. The van der Waals surface area contributed by atoms with Gasteiger partial charge in [-0.1, -0.05) is 17.9 Å². The molecular formula is C16H23N3O. The van der Waals surface area contributed by atoms with Gasteiger partial charge in [0, 0.05) is 17.7 Å². The van der Waals surface area contributed by atoms with Crippen molar-refractivity contribution in [2.75, 3.05) is 33.7 Å². The maximum atomic E-state index is 12.1. The van der Waals surface area contributed by atoms with Crippen molar-refractivity contribution in [3.05, 3.63) is 34.9 Å². The van der Waals surface area contributed by atoms with Gasteiger partial charge in [-0.15, -0.1) is 0 Å². The Hall–Kier alpha value is -1.83. The van der Waals surface area contributed by atoms with Crippen LogP contribution in [0.2, 0.25) is 0 Å². The molecule has 0 aliphatic heterocycles. The summed E-state index contributed by atoms with van der Waals surface area (Å²) in [6, 6.07) is 5.63. The van der Waals surface area contributed by atoms with Crippen LogP contribution in [0.5, 0.6) is 0 Å². The van der Waals surface area contributed by atoms with Gasteiger partial charge in [0.15, 0.2) is 0 Å². The predicted molar refractivity (Wildman–Crippen MR) is 82.6 cm³/mol. The van der Waals surface area contributed by atoms with E-state index in [1.54, 1.807) is 0 Å². The molecule has 1 amide bonds. The molecule has 1 aromatic carbocycles. The smallest absolute Gasteiger partial charge is 0.251 e. The zero-order chi connectivity index (χ0) is 15.0. The fraction of sp³-hybridized carbons (Fsp3) is 0.438. The van der Waals surface area contributed by atoms with E-state index >= 15 is 0 Å². The van der Waals surface area contributed by atoms with E-state index in [1.165, 1.54) is 0 Å². The number of nitrogens with one attached hydrogen (secondary N) is 1. The van der Waals surface area contributed by atoms with E-state index in [9.17, 15) is 4.79 Å². The van der Waals surface area contributed by atoms with Crippen LogP contribution in [-0.4, -0.2) is 44.5 Å². The third kappa shape index (κ3) is 5.43. The van der Waals surface area contributed by atoms with Gasteiger partial charge in [0.25, 0.3) is 5.91 Å². The summed E-state index contributed by atoms with van der Waals surface area (Å²) in [5, 5.41) is 2.94. The van der Waals surface area contributed by atoms with Crippen molar-refractivity contribution in [2.45, 2.75) is 13.3 Å². The Bertz CT molecular complexity index is 512. The molecule has 1 rings (SSSR count). The van der Waals surface area contributed by atoms with E-state index < -0.39 is 0 Å². The normalized spacial score (nSPS) is 10.1. The Morgan fingerprint density at radius 3 is 2.80 bits per heavy atom. The van der Waals surface area contributed by atoms with Crippen molar-refractivity contribution in [1.29, 1.82) is 0 Å². The molecule has 0 unspecified atom stereocenters. The molecule has 0 aliphatic rings. The first-order valence-electron chi connectivity index (χ1n) is 6.77. The number of nitrogens with two attached hydrogens (primary N) is 1. The summed E-state index contributed by atoms with van der Waals surface area (Å²) in [6.07, 6.45) is 0.935. The number of hydrogen-bond acceptors (Lipinski definition) is 3. The van der Waals surface area contributed by atoms with Crippen molar-refractivity contribution in [3.63, 3.8) is 0 Å². The molecule has 0 aliphatic carbocycles. The molecule has 0 atom stereocenters. The molecule has 0 radical (unpaired) electrons. The lowest BCUT2D eigenvalue weighted by Gasteiger charge is -2.11. The number of rotatable bonds is 5. The standard InChI is InChI=1S/C16H23N3O/c1-13-7-8-14(6-4-9-17)12-15(13)16(20)18-10-5-11-19(2)3/h7-8,12H,5,9-11,17H2,1-3H3,(H,18,20). The molecule has 4 nitrogen and oxygen atoms in total. The SMILES string of the molecule is Cc1ccc(C#CCN)cc1C(=O)NCCCN(C)C. The zero-order valence-corrected chi connectivity index (χ0v) is 12.5. The molecule has 3 N–H and O–H groups in total. The van der Waals surface area contributed by atoms with Gasteiger partial charge < -0.3 is 16.0 Å². The van der Waals surface area contributed by atoms with E-state index in [2.05, 4.69) is 22.1 Å². The molecule has 1 aromatic rings. The Morgan fingerprint density at radius 1 is 1.40 bits per heavy atom. The molecular weight excluding hydrogens is 250 g/mol. The van der Waals surface area contributed by atoms with E-state index in [1.807, 2.05) is 39.2 Å². The number of benzene rings is 1. The van der Waals surface area contributed by atoms with Crippen LogP contribution in [-0.2, 0) is 0 Å². The molecule has 20 heavy (non-hydrogen) atoms. The van der Waals surface area contributed by atoms with Gasteiger partial charge in [0.05, 0.1) is 6.54 Å². The van der Waals surface area contributed by atoms with Crippen LogP contribution in [0.15, 0.2) is 18.2 Å². The van der Waals surface area contributed by atoms with Crippen molar-refractivity contribution >= 4 is 5.91 Å². The Morgan fingerprint density at radius 2 is 2.15 bits per heavy atom. The molecule has 0 aromatic heterocycles. The quantitative estimate of drug-likeness (QED) is 0.621. The molecule has 0 saturated carbocycles. The van der Waals surface area contributed by atoms with Gasteiger partial charge >= 0.3 is 0 Å². The zero-order valence-electron chi connectivity index (χ0n) is 12.5. The Balaban J connectivity index is 2.67. The highest BCUT2D eigenvalue weighted by Gasteiger charge is 2.08. The highest BCUT2D eigenvalue weighted by atomic mass is 16.1.